The molecule has 1 aromatic heterocycles. The molecule has 0 radical (unpaired) electrons. The Morgan fingerprint density at radius 3 is 2.65 bits per heavy atom. The molecule has 2 aromatic rings. The lowest BCUT2D eigenvalue weighted by molar-refractivity contribution is 0.412. The molecule has 0 unspecified atom stereocenters. The number of ether oxygens (including phenoxy) is 1. The highest BCUT2D eigenvalue weighted by Crippen LogP contribution is 2.19. The van der Waals surface area contributed by atoms with Gasteiger partial charge in [-0.2, -0.15) is 0 Å². The molecule has 0 aliphatic carbocycles. The van der Waals surface area contributed by atoms with Crippen LogP contribution < -0.4 is 10.1 Å². The van der Waals surface area contributed by atoms with Crippen molar-refractivity contribution in [3.63, 3.8) is 0 Å². The number of thiazole rings is 1. The summed E-state index contributed by atoms with van der Waals surface area (Å²) >= 11 is 1.57. The van der Waals surface area contributed by atoms with Crippen molar-refractivity contribution in [2.24, 2.45) is 0 Å². The zero-order valence-electron chi connectivity index (χ0n) is 9.55. The Hall–Kier alpha value is -1.10. The molecule has 17 heavy (non-hydrogen) atoms. The van der Waals surface area contributed by atoms with Gasteiger partial charge in [-0.1, -0.05) is 41.7 Å². The zero-order valence-corrected chi connectivity index (χ0v) is 11.2. The Kier molecular flexibility index (Phi) is 5.97. The third kappa shape index (κ3) is 4.34. The quantitative estimate of drug-likeness (QED) is 0.907. The lowest BCUT2D eigenvalue weighted by atomic mass is 10.2. The van der Waals surface area contributed by atoms with Gasteiger partial charge in [0.2, 0.25) is 0 Å². The number of benzene rings is 1. The molecular formula is C12H15ClN2OS. The van der Waals surface area contributed by atoms with E-state index in [0.29, 0.717) is 0 Å². The van der Waals surface area contributed by atoms with Crippen LogP contribution in [0.2, 0.25) is 0 Å². The maximum Gasteiger partial charge on any atom is 0.273 e. The van der Waals surface area contributed by atoms with Gasteiger partial charge in [-0.15, -0.1) is 12.4 Å². The molecule has 0 saturated carbocycles. The van der Waals surface area contributed by atoms with Crippen molar-refractivity contribution in [1.82, 2.24) is 10.3 Å². The van der Waals surface area contributed by atoms with E-state index in [1.165, 1.54) is 10.4 Å². The second-order valence-electron chi connectivity index (χ2n) is 3.39. The van der Waals surface area contributed by atoms with Gasteiger partial charge in [0.15, 0.2) is 0 Å². The van der Waals surface area contributed by atoms with Crippen molar-refractivity contribution in [1.29, 1.82) is 0 Å². The van der Waals surface area contributed by atoms with Crippen molar-refractivity contribution in [3.05, 3.63) is 47.0 Å². The van der Waals surface area contributed by atoms with E-state index in [1.54, 1.807) is 18.4 Å². The maximum atomic E-state index is 5.04. The maximum absolute atomic E-state index is 5.04. The van der Waals surface area contributed by atoms with E-state index < -0.39 is 0 Å². The number of nitrogens with one attached hydrogen (secondary N) is 1. The summed E-state index contributed by atoms with van der Waals surface area (Å²) in [6.45, 7) is 1.71. The minimum Gasteiger partial charge on any atom is -0.473 e. The van der Waals surface area contributed by atoms with Crippen LogP contribution >= 0.6 is 23.7 Å². The molecule has 0 atom stereocenters. The first-order valence-electron chi connectivity index (χ1n) is 5.12. The molecule has 1 aromatic carbocycles. The predicted molar refractivity (Wildman–Crippen MR) is 72.9 cm³/mol. The van der Waals surface area contributed by atoms with E-state index in [-0.39, 0.29) is 12.4 Å². The number of nitrogens with zero attached hydrogens (tertiary/aromatic N) is 1. The smallest absolute Gasteiger partial charge is 0.273 e. The zero-order chi connectivity index (χ0) is 11.2. The first-order chi connectivity index (χ1) is 7.88. The number of hydrogen-bond donors (Lipinski definition) is 1. The third-order valence-electron chi connectivity index (χ3n) is 2.18. The van der Waals surface area contributed by atoms with Gasteiger partial charge in [-0.3, -0.25) is 0 Å². The molecule has 0 aliphatic heterocycles. The van der Waals surface area contributed by atoms with Crippen molar-refractivity contribution in [2.75, 3.05) is 7.11 Å². The predicted octanol–water partition coefficient (Wildman–Crippen LogP) is 2.86. The summed E-state index contributed by atoms with van der Waals surface area (Å²) in [5, 5.41) is 4.09. The summed E-state index contributed by atoms with van der Waals surface area (Å²) in [6, 6.07) is 10.3. The van der Waals surface area contributed by atoms with Crippen LogP contribution in [0.4, 0.5) is 0 Å². The monoisotopic (exact) mass is 270 g/mol. The summed E-state index contributed by atoms with van der Waals surface area (Å²) in [5.74, 6) is 0. The van der Waals surface area contributed by atoms with Gasteiger partial charge in [0.1, 0.15) is 0 Å². The first-order valence-corrected chi connectivity index (χ1v) is 5.93. The minimum absolute atomic E-state index is 0. The highest BCUT2D eigenvalue weighted by atomic mass is 35.5. The minimum atomic E-state index is 0. The Labute approximate surface area is 111 Å². The molecule has 0 amide bonds. The van der Waals surface area contributed by atoms with Crippen LogP contribution in [-0.2, 0) is 13.1 Å². The summed E-state index contributed by atoms with van der Waals surface area (Å²) in [5.41, 5.74) is 1.29. The lowest BCUT2D eigenvalue weighted by Crippen LogP contribution is -2.11. The molecule has 2 rings (SSSR count). The Morgan fingerprint density at radius 2 is 2.00 bits per heavy atom. The molecule has 5 heteroatoms. The van der Waals surface area contributed by atoms with E-state index in [9.17, 15) is 0 Å². The van der Waals surface area contributed by atoms with Crippen molar-refractivity contribution in [3.8, 4) is 5.19 Å². The van der Waals surface area contributed by atoms with Gasteiger partial charge >= 0.3 is 0 Å². The fourth-order valence-corrected chi connectivity index (χ4v) is 2.08. The highest BCUT2D eigenvalue weighted by molar-refractivity contribution is 7.13. The second kappa shape index (κ2) is 7.27. The first kappa shape index (κ1) is 14.0. The fourth-order valence-electron chi connectivity index (χ4n) is 1.39. The average Bonchev–Trinajstić information content (AvgIpc) is 2.78. The largest absolute Gasteiger partial charge is 0.473 e. The summed E-state index contributed by atoms with van der Waals surface area (Å²) < 4.78 is 5.04. The van der Waals surface area contributed by atoms with Crippen LogP contribution in [0.1, 0.15) is 10.4 Å². The van der Waals surface area contributed by atoms with Gasteiger partial charge in [0, 0.05) is 24.2 Å². The second-order valence-corrected chi connectivity index (χ2v) is 4.46. The summed E-state index contributed by atoms with van der Waals surface area (Å²) in [6.07, 6.45) is 1.85. The summed E-state index contributed by atoms with van der Waals surface area (Å²) in [7, 11) is 1.64. The van der Waals surface area contributed by atoms with Crippen molar-refractivity contribution >= 4 is 23.7 Å². The average molecular weight is 271 g/mol. The number of halogens is 1. The van der Waals surface area contributed by atoms with Crippen molar-refractivity contribution in [2.45, 2.75) is 13.1 Å². The molecule has 0 bridgehead atoms. The molecule has 0 fully saturated rings. The van der Waals surface area contributed by atoms with Gasteiger partial charge in [0.05, 0.1) is 7.11 Å². The number of aromatic nitrogens is 1. The van der Waals surface area contributed by atoms with Gasteiger partial charge in [0.25, 0.3) is 5.19 Å². The van der Waals surface area contributed by atoms with Crippen LogP contribution in [0, 0.1) is 0 Å². The van der Waals surface area contributed by atoms with E-state index in [0.717, 1.165) is 18.3 Å². The lowest BCUT2D eigenvalue weighted by Gasteiger charge is -2.02. The van der Waals surface area contributed by atoms with Gasteiger partial charge < -0.3 is 10.1 Å². The van der Waals surface area contributed by atoms with Crippen LogP contribution in [0.25, 0.3) is 0 Å². The third-order valence-corrected chi connectivity index (χ3v) is 3.14. The molecule has 3 nitrogen and oxygen atoms in total. The topological polar surface area (TPSA) is 34.1 Å². The van der Waals surface area contributed by atoms with E-state index in [1.807, 2.05) is 24.4 Å². The number of hydrogen-bond acceptors (Lipinski definition) is 4. The Bertz CT molecular complexity index is 433. The molecule has 0 spiro atoms. The molecule has 0 saturated heterocycles. The Balaban J connectivity index is 0.00000144. The van der Waals surface area contributed by atoms with Crippen molar-refractivity contribution < 1.29 is 4.74 Å². The molecule has 0 aliphatic rings. The normalized spacial score (nSPS) is 9.71. The summed E-state index contributed by atoms with van der Waals surface area (Å²) in [4.78, 5) is 5.30. The Morgan fingerprint density at radius 1 is 1.24 bits per heavy atom. The van der Waals surface area contributed by atoms with E-state index >= 15 is 0 Å². The molecule has 1 heterocycles. The number of rotatable bonds is 5. The van der Waals surface area contributed by atoms with Crippen LogP contribution in [0.5, 0.6) is 5.19 Å². The molecular weight excluding hydrogens is 256 g/mol. The van der Waals surface area contributed by atoms with Crippen LogP contribution in [0.3, 0.4) is 0 Å². The van der Waals surface area contributed by atoms with Crippen LogP contribution in [-0.4, -0.2) is 12.1 Å². The standard InChI is InChI=1S/C12H14N2OS.ClH/c1-15-12-14-9-11(16-12)8-13-7-10-5-3-2-4-6-10;/h2-6,9,13H,7-8H2,1H3;1H. The molecule has 1 N–H and O–H groups in total. The van der Waals surface area contributed by atoms with E-state index in [4.69, 9.17) is 4.74 Å². The van der Waals surface area contributed by atoms with Gasteiger partial charge in [-0.05, 0) is 5.56 Å². The fraction of sp³-hybridized carbons (Fsp3) is 0.250. The van der Waals surface area contributed by atoms with Gasteiger partial charge in [-0.25, -0.2) is 4.98 Å². The SMILES string of the molecule is COc1ncc(CNCc2ccccc2)s1.Cl. The highest BCUT2D eigenvalue weighted by Gasteiger charge is 2.00. The molecule has 92 valence electrons. The van der Waals surface area contributed by atoms with E-state index in [2.05, 4.69) is 22.4 Å². The number of methoxy groups -OCH3 is 1. The van der Waals surface area contributed by atoms with Crippen LogP contribution in [0.15, 0.2) is 36.5 Å².